The third kappa shape index (κ3) is 4.73. The molecule has 1 saturated heterocycles. The van der Waals surface area contributed by atoms with Crippen LogP contribution in [0.5, 0.6) is 5.75 Å². The molecule has 5 nitrogen and oxygen atoms in total. The Morgan fingerprint density at radius 1 is 1.09 bits per heavy atom. The number of benzene rings is 2. The third-order valence-corrected chi connectivity index (χ3v) is 7.87. The molecule has 0 saturated carbocycles. The molecule has 33 heavy (non-hydrogen) atoms. The molecule has 170 valence electrons. The largest absolute Gasteiger partial charge is 0.495 e. The van der Waals surface area contributed by atoms with Crippen molar-refractivity contribution in [3.63, 3.8) is 0 Å². The van der Waals surface area contributed by atoms with E-state index >= 15 is 0 Å². The maximum atomic E-state index is 12.9. The molecule has 0 spiro atoms. The van der Waals surface area contributed by atoms with Gasteiger partial charge >= 0.3 is 0 Å². The molecule has 1 aliphatic heterocycles. The first-order valence-electron chi connectivity index (χ1n) is 9.93. The number of amides is 1. The lowest BCUT2D eigenvalue weighted by Gasteiger charge is -2.12. The third-order valence-electron chi connectivity index (χ3n) is 5.28. The van der Waals surface area contributed by atoms with E-state index < -0.39 is 0 Å². The molecular formula is C24H20BrCl2N3O2S. The fourth-order valence-corrected chi connectivity index (χ4v) is 5.23. The molecule has 9 heteroatoms. The Morgan fingerprint density at radius 3 is 2.52 bits per heavy atom. The normalized spacial score (nSPS) is 16.3. The Balaban J connectivity index is 1.67. The highest BCUT2D eigenvalue weighted by molar-refractivity contribution is 9.10. The number of amidine groups is 1. The number of aromatic nitrogens is 1. The van der Waals surface area contributed by atoms with Gasteiger partial charge in [-0.1, -0.05) is 23.2 Å². The molecular weight excluding hydrogens is 545 g/mol. The molecule has 1 fully saturated rings. The van der Waals surface area contributed by atoms with E-state index in [1.54, 1.807) is 25.1 Å². The van der Waals surface area contributed by atoms with Crippen LogP contribution in [0.25, 0.3) is 11.8 Å². The van der Waals surface area contributed by atoms with Gasteiger partial charge in [-0.3, -0.25) is 9.69 Å². The molecule has 0 N–H and O–H groups in total. The van der Waals surface area contributed by atoms with Gasteiger partial charge in [0.05, 0.1) is 27.7 Å². The molecule has 0 atom stereocenters. The maximum Gasteiger partial charge on any atom is 0.266 e. The quantitative estimate of drug-likeness (QED) is 0.310. The highest BCUT2D eigenvalue weighted by atomic mass is 79.9. The monoisotopic (exact) mass is 563 g/mol. The van der Waals surface area contributed by atoms with E-state index in [1.807, 2.05) is 50.3 Å². The zero-order valence-corrected chi connectivity index (χ0v) is 22.2. The van der Waals surface area contributed by atoms with Crippen LogP contribution in [-0.4, -0.2) is 34.7 Å². The van der Waals surface area contributed by atoms with Crippen molar-refractivity contribution in [3.05, 3.63) is 78.8 Å². The number of hydrogen-bond acceptors (Lipinski definition) is 4. The number of rotatable bonds is 4. The summed E-state index contributed by atoms with van der Waals surface area (Å²) in [5, 5.41) is 1.70. The van der Waals surface area contributed by atoms with Crippen molar-refractivity contribution in [3.8, 4) is 11.4 Å². The van der Waals surface area contributed by atoms with E-state index in [0.29, 0.717) is 31.6 Å². The molecule has 0 unspecified atom stereocenters. The van der Waals surface area contributed by atoms with Crippen LogP contribution in [0.3, 0.4) is 0 Å². The fraction of sp³-hybridized carbons (Fsp3) is 0.167. The van der Waals surface area contributed by atoms with Crippen LogP contribution in [0.1, 0.15) is 17.0 Å². The second-order valence-electron chi connectivity index (χ2n) is 7.45. The van der Waals surface area contributed by atoms with Gasteiger partial charge < -0.3 is 9.30 Å². The summed E-state index contributed by atoms with van der Waals surface area (Å²) in [5.74, 6) is 0.527. The Morgan fingerprint density at radius 2 is 1.85 bits per heavy atom. The van der Waals surface area contributed by atoms with E-state index in [4.69, 9.17) is 27.9 Å². The summed E-state index contributed by atoms with van der Waals surface area (Å²) in [5.41, 5.74) is 4.60. The minimum atomic E-state index is -0.0979. The molecule has 1 amide bonds. The first-order chi connectivity index (χ1) is 15.7. The van der Waals surface area contributed by atoms with Crippen LogP contribution < -0.4 is 4.74 Å². The molecule has 1 aliphatic rings. The Hall–Kier alpha value is -2.19. The number of halogens is 3. The minimum absolute atomic E-state index is 0.0979. The number of likely N-dealkylation sites (N-methyl/N-ethyl adjacent to an activating group) is 1. The smallest absolute Gasteiger partial charge is 0.266 e. The highest BCUT2D eigenvalue weighted by Gasteiger charge is 2.30. The lowest BCUT2D eigenvalue weighted by molar-refractivity contribution is -0.121. The van der Waals surface area contributed by atoms with Gasteiger partial charge in [0.25, 0.3) is 5.91 Å². The van der Waals surface area contributed by atoms with Gasteiger partial charge in [-0.25, -0.2) is 4.99 Å². The maximum absolute atomic E-state index is 12.9. The van der Waals surface area contributed by atoms with Gasteiger partial charge in [0.15, 0.2) is 5.17 Å². The number of carbonyl (C=O) groups excluding carboxylic acids is 1. The fourth-order valence-electron chi connectivity index (χ4n) is 3.58. The van der Waals surface area contributed by atoms with Crippen LogP contribution in [0.4, 0.5) is 5.69 Å². The summed E-state index contributed by atoms with van der Waals surface area (Å²) in [6.45, 7) is 4.04. The van der Waals surface area contributed by atoms with Crippen LogP contribution in [0.15, 0.2) is 56.8 Å². The summed E-state index contributed by atoms with van der Waals surface area (Å²) in [6.07, 6.45) is 1.91. The SMILES string of the molecule is COc1ccc(-n2c(C)cc(/C=C3\SC(=Nc4ccc(Br)c(Cl)c4)N(C)C3=O)c2C)cc1Cl. The van der Waals surface area contributed by atoms with E-state index in [2.05, 4.69) is 31.6 Å². The molecule has 2 heterocycles. The number of thioether (sulfide) groups is 1. The molecule has 0 aliphatic carbocycles. The number of aryl methyl sites for hydroxylation is 1. The van der Waals surface area contributed by atoms with E-state index in [-0.39, 0.29) is 5.91 Å². The first kappa shape index (κ1) is 24.0. The summed E-state index contributed by atoms with van der Waals surface area (Å²) in [7, 11) is 3.31. The zero-order valence-electron chi connectivity index (χ0n) is 18.3. The molecule has 2 aromatic carbocycles. The standard InChI is InChI=1S/C24H20BrCl2N3O2S/c1-13-9-15(14(2)30(13)17-6-8-21(32-4)20(27)12-17)10-22-23(31)29(3)24(33-22)28-16-5-7-18(25)19(26)11-16/h5-12H,1-4H3/b22-10-,28-24?. The van der Waals surface area contributed by atoms with Crippen molar-refractivity contribution in [2.45, 2.75) is 13.8 Å². The Kier molecular flexibility index (Phi) is 6.96. The van der Waals surface area contributed by atoms with Crippen LogP contribution in [-0.2, 0) is 4.79 Å². The summed E-state index contributed by atoms with van der Waals surface area (Å²) in [4.78, 5) is 19.7. The lowest BCUT2D eigenvalue weighted by atomic mass is 10.2. The Bertz CT molecular complexity index is 1330. The van der Waals surface area contributed by atoms with Crippen molar-refractivity contribution < 1.29 is 9.53 Å². The molecule has 0 radical (unpaired) electrons. The number of ether oxygens (including phenoxy) is 1. The molecule has 0 bridgehead atoms. The lowest BCUT2D eigenvalue weighted by Crippen LogP contribution is -2.23. The average molecular weight is 565 g/mol. The van der Waals surface area contributed by atoms with E-state index in [1.165, 1.54) is 11.8 Å². The van der Waals surface area contributed by atoms with Gasteiger partial charge in [-0.05, 0) is 95.6 Å². The molecule has 1 aromatic heterocycles. The van der Waals surface area contributed by atoms with Gasteiger partial charge in [-0.2, -0.15) is 0 Å². The van der Waals surface area contributed by atoms with Gasteiger partial charge in [-0.15, -0.1) is 0 Å². The van der Waals surface area contributed by atoms with Crippen molar-refractivity contribution >= 4 is 73.7 Å². The van der Waals surface area contributed by atoms with Crippen molar-refractivity contribution in [1.29, 1.82) is 0 Å². The summed E-state index contributed by atoms with van der Waals surface area (Å²) in [6, 6.07) is 13.2. The van der Waals surface area contributed by atoms with Crippen LogP contribution in [0, 0.1) is 13.8 Å². The van der Waals surface area contributed by atoms with Crippen molar-refractivity contribution in [2.75, 3.05) is 14.2 Å². The second kappa shape index (κ2) is 9.58. The zero-order chi connectivity index (χ0) is 23.9. The average Bonchev–Trinajstić information content (AvgIpc) is 3.20. The second-order valence-corrected chi connectivity index (χ2v) is 10.1. The molecule has 4 rings (SSSR count). The first-order valence-corrected chi connectivity index (χ1v) is 12.3. The van der Waals surface area contributed by atoms with Crippen molar-refractivity contribution in [2.24, 2.45) is 4.99 Å². The van der Waals surface area contributed by atoms with Gasteiger partial charge in [0, 0.05) is 28.6 Å². The summed E-state index contributed by atoms with van der Waals surface area (Å²) >= 11 is 17.2. The summed E-state index contributed by atoms with van der Waals surface area (Å²) < 4.78 is 8.16. The van der Waals surface area contributed by atoms with E-state index in [9.17, 15) is 4.79 Å². The van der Waals surface area contributed by atoms with Gasteiger partial charge in [0.1, 0.15) is 5.75 Å². The highest BCUT2D eigenvalue weighted by Crippen LogP contribution is 2.36. The molecule has 3 aromatic rings. The predicted octanol–water partition coefficient (Wildman–Crippen LogP) is 7.41. The number of methoxy groups -OCH3 is 1. The number of carbonyl (C=O) groups is 1. The van der Waals surface area contributed by atoms with Crippen LogP contribution >= 0.6 is 50.9 Å². The number of hydrogen-bond donors (Lipinski definition) is 0. The van der Waals surface area contributed by atoms with E-state index in [0.717, 1.165) is 27.1 Å². The number of aliphatic imine (C=N–C) groups is 1. The predicted molar refractivity (Wildman–Crippen MR) is 141 cm³/mol. The number of nitrogens with zero attached hydrogens (tertiary/aromatic N) is 3. The van der Waals surface area contributed by atoms with Gasteiger partial charge in [0.2, 0.25) is 0 Å². The van der Waals surface area contributed by atoms with Crippen LogP contribution in [0.2, 0.25) is 10.0 Å². The van der Waals surface area contributed by atoms with Crippen molar-refractivity contribution in [1.82, 2.24) is 9.47 Å². The minimum Gasteiger partial charge on any atom is -0.495 e. The Labute approximate surface area is 215 Å². The topological polar surface area (TPSA) is 46.8 Å².